The fraction of sp³-hybridized carbons (Fsp3) is 0.174. The number of benzene rings is 3. The smallest absolute Gasteiger partial charge is 0.416 e. The zero-order chi connectivity index (χ0) is 20.9. The first-order valence-corrected chi connectivity index (χ1v) is 9.82. The molecular weight excluding hydrogens is 413 g/mol. The minimum Gasteiger partial charge on any atom is -0.464 e. The Labute approximate surface area is 176 Å². The Morgan fingerprint density at radius 2 is 1.70 bits per heavy atom. The molecule has 0 N–H and O–H groups in total. The third kappa shape index (κ3) is 3.31. The lowest BCUT2D eigenvalue weighted by Gasteiger charge is -2.38. The van der Waals surface area contributed by atoms with Crippen molar-refractivity contribution in [2.75, 3.05) is 0 Å². The molecule has 0 unspecified atom stereocenters. The van der Waals surface area contributed by atoms with Crippen LogP contribution < -0.4 is 4.74 Å². The third-order valence-corrected chi connectivity index (χ3v) is 5.62. The molecule has 3 aromatic rings. The molecule has 2 heterocycles. The van der Waals surface area contributed by atoms with E-state index >= 15 is 0 Å². The van der Waals surface area contributed by atoms with Crippen LogP contribution in [0.25, 0.3) is 0 Å². The molecule has 0 spiro atoms. The SMILES string of the molecule is FC(F)(F)c1ccc([C@H]2Oc3ccc(Cl)cc3[C@@H]3CC(c4ccccc4)=NN23)cc1. The number of halogens is 4. The zero-order valence-corrected chi connectivity index (χ0v) is 16.4. The minimum atomic E-state index is -4.38. The number of ether oxygens (including phenoxy) is 1. The first kappa shape index (κ1) is 19.0. The molecule has 30 heavy (non-hydrogen) atoms. The second-order valence-electron chi connectivity index (χ2n) is 7.28. The van der Waals surface area contributed by atoms with E-state index < -0.39 is 18.0 Å². The lowest BCUT2D eigenvalue weighted by Crippen LogP contribution is -2.33. The average molecular weight is 429 g/mol. The van der Waals surface area contributed by atoms with Gasteiger partial charge in [-0.3, -0.25) is 0 Å². The van der Waals surface area contributed by atoms with Gasteiger partial charge >= 0.3 is 6.18 Å². The van der Waals surface area contributed by atoms with Gasteiger partial charge in [0.25, 0.3) is 0 Å². The normalized spacial score (nSPS) is 20.3. The van der Waals surface area contributed by atoms with E-state index in [4.69, 9.17) is 21.4 Å². The zero-order valence-electron chi connectivity index (χ0n) is 15.6. The van der Waals surface area contributed by atoms with E-state index in [0.717, 1.165) is 29.0 Å². The van der Waals surface area contributed by atoms with Crippen LogP contribution in [0.2, 0.25) is 5.02 Å². The second-order valence-corrected chi connectivity index (χ2v) is 7.72. The molecule has 3 nitrogen and oxygen atoms in total. The van der Waals surface area contributed by atoms with Crippen LogP contribution in [-0.2, 0) is 6.18 Å². The van der Waals surface area contributed by atoms with Gasteiger partial charge in [0.1, 0.15) is 5.75 Å². The highest BCUT2D eigenvalue weighted by Gasteiger charge is 2.41. The summed E-state index contributed by atoms with van der Waals surface area (Å²) in [6, 6.07) is 20.1. The molecule has 2 aliphatic heterocycles. The Balaban J connectivity index is 1.57. The van der Waals surface area contributed by atoms with Crippen molar-refractivity contribution < 1.29 is 17.9 Å². The molecule has 0 saturated heterocycles. The molecule has 3 aromatic carbocycles. The van der Waals surface area contributed by atoms with Crippen LogP contribution in [0.1, 0.15) is 40.9 Å². The van der Waals surface area contributed by atoms with Crippen molar-refractivity contribution in [3.05, 3.63) is 100 Å². The van der Waals surface area contributed by atoms with E-state index in [2.05, 4.69) is 0 Å². The first-order valence-electron chi connectivity index (χ1n) is 9.44. The van der Waals surface area contributed by atoms with Crippen molar-refractivity contribution in [1.29, 1.82) is 0 Å². The highest BCUT2D eigenvalue weighted by Crippen LogP contribution is 2.48. The summed E-state index contributed by atoms with van der Waals surface area (Å²) in [4.78, 5) is 0. The van der Waals surface area contributed by atoms with E-state index in [0.29, 0.717) is 22.8 Å². The minimum absolute atomic E-state index is 0.116. The van der Waals surface area contributed by atoms with Gasteiger partial charge in [0.2, 0.25) is 6.23 Å². The summed E-state index contributed by atoms with van der Waals surface area (Å²) >= 11 is 6.22. The molecule has 0 fully saturated rings. The maximum Gasteiger partial charge on any atom is 0.416 e. The molecule has 0 aromatic heterocycles. The van der Waals surface area contributed by atoms with Crippen LogP contribution >= 0.6 is 11.6 Å². The Bertz CT molecular complexity index is 1110. The lowest BCUT2D eigenvalue weighted by molar-refractivity contribution is -0.137. The van der Waals surface area contributed by atoms with Crippen LogP contribution in [-0.4, -0.2) is 10.7 Å². The predicted octanol–water partition coefficient (Wildman–Crippen LogP) is 6.60. The number of fused-ring (bicyclic) bond motifs is 3. The molecule has 0 bridgehead atoms. The molecule has 0 radical (unpaired) electrons. The Morgan fingerprint density at radius 1 is 0.967 bits per heavy atom. The van der Waals surface area contributed by atoms with Crippen molar-refractivity contribution >= 4 is 17.3 Å². The maximum absolute atomic E-state index is 13.0. The fourth-order valence-electron chi connectivity index (χ4n) is 3.92. The van der Waals surface area contributed by atoms with Gasteiger partial charge < -0.3 is 4.74 Å². The number of hydrogen-bond donors (Lipinski definition) is 0. The van der Waals surface area contributed by atoms with E-state index in [1.165, 1.54) is 12.1 Å². The van der Waals surface area contributed by atoms with Crippen LogP contribution in [0.15, 0.2) is 77.9 Å². The monoisotopic (exact) mass is 428 g/mol. The largest absolute Gasteiger partial charge is 0.464 e. The average Bonchev–Trinajstić information content (AvgIpc) is 3.19. The summed E-state index contributed by atoms with van der Waals surface area (Å²) < 4.78 is 45.1. The number of rotatable bonds is 2. The van der Waals surface area contributed by atoms with E-state index in [9.17, 15) is 13.2 Å². The van der Waals surface area contributed by atoms with Crippen molar-refractivity contribution in [3.63, 3.8) is 0 Å². The van der Waals surface area contributed by atoms with Gasteiger partial charge in [-0.05, 0) is 35.9 Å². The Kier molecular flexibility index (Phi) is 4.47. The molecule has 5 rings (SSSR count). The standard InChI is InChI=1S/C23H16ClF3N2O/c24-17-10-11-21-18(12-17)20-13-19(14-4-2-1-3-5-14)28-29(20)22(30-21)15-6-8-16(9-7-15)23(25,26)27/h1-12,20,22H,13H2/t20-,22+/m0/s1. The van der Waals surface area contributed by atoms with Gasteiger partial charge in [-0.15, -0.1) is 0 Å². The topological polar surface area (TPSA) is 24.8 Å². The second kappa shape index (κ2) is 7.06. The summed E-state index contributed by atoms with van der Waals surface area (Å²) in [6.07, 6.45) is -4.37. The molecule has 2 aliphatic rings. The molecule has 7 heteroatoms. The quantitative estimate of drug-likeness (QED) is 0.459. The van der Waals surface area contributed by atoms with E-state index in [-0.39, 0.29) is 6.04 Å². The maximum atomic E-state index is 13.0. The number of hydrazone groups is 1. The fourth-order valence-corrected chi connectivity index (χ4v) is 4.10. The molecule has 2 atom stereocenters. The van der Waals surface area contributed by atoms with Gasteiger partial charge in [0.05, 0.1) is 17.3 Å². The molecular formula is C23H16ClF3N2O. The lowest BCUT2D eigenvalue weighted by atomic mass is 9.96. The summed E-state index contributed by atoms with van der Waals surface area (Å²) in [7, 11) is 0. The molecule has 0 amide bonds. The van der Waals surface area contributed by atoms with E-state index in [1.54, 1.807) is 12.1 Å². The van der Waals surface area contributed by atoms with Crippen molar-refractivity contribution in [2.45, 2.75) is 24.9 Å². The molecule has 0 aliphatic carbocycles. The van der Waals surface area contributed by atoms with Crippen LogP contribution in [0.3, 0.4) is 0 Å². The van der Waals surface area contributed by atoms with Gasteiger partial charge in [-0.1, -0.05) is 54.1 Å². The first-order chi connectivity index (χ1) is 14.4. The van der Waals surface area contributed by atoms with Crippen molar-refractivity contribution in [2.24, 2.45) is 5.10 Å². The summed E-state index contributed by atoms with van der Waals surface area (Å²) in [5, 5.41) is 7.22. The van der Waals surface area contributed by atoms with E-state index in [1.807, 2.05) is 41.4 Å². The number of alkyl halides is 3. The summed E-state index contributed by atoms with van der Waals surface area (Å²) in [5.74, 6) is 0.662. The highest BCUT2D eigenvalue weighted by molar-refractivity contribution is 6.30. The van der Waals surface area contributed by atoms with Gasteiger partial charge in [0.15, 0.2) is 0 Å². The van der Waals surface area contributed by atoms with Gasteiger partial charge in [-0.25, -0.2) is 5.01 Å². The molecule has 152 valence electrons. The highest BCUT2D eigenvalue weighted by atomic mass is 35.5. The number of nitrogens with zero attached hydrogens (tertiary/aromatic N) is 2. The predicted molar refractivity (Wildman–Crippen MR) is 108 cm³/mol. The summed E-state index contributed by atoms with van der Waals surface area (Å²) in [5.41, 5.74) is 2.73. The summed E-state index contributed by atoms with van der Waals surface area (Å²) in [6.45, 7) is 0. The van der Waals surface area contributed by atoms with Crippen molar-refractivity contribution in [3.8, 4) is 5.75 Å². The van der Waals surface area contributed by atoms with Crippen LogP contribution in [0.4, 0.5) is 13.2 Å². The van der Waals surface area contributed by atoms with Crippen molar-refractivity contribution in [1.82, 2.24) is 5.01 Å². The van der Waals surface area contributed by atoms with Crippen LogP contribution in [0, 0.1) is 0 Å². The van der Waals surface area contributed by atoms with Gasteiger partial charge in [0, 0.05) is 22.6 Å². The number of hydrogen-bond acceptors (Lipinski definition) is 3. The Morgan fingerprint density at radius 3 is 2.40 bits per heavy atom. The van der Waals surface area contributed by atoms with Crippen LogP contribution in [0.5, 0.6) is 5.75 Å². The third-order valence-electron chi connectivity index (χ3n) is 5.38. The Hall–Kier alpha value is -2.99. The molecule has 0 saturated carbocycles. The van der Waals surface area contributed by atoms with Gasteiger partial charge in [-0.2, -0.15) is 18.3 Å².